The molecule has 1 rings (SSSR count). The first-order valence-corrected chi connectivity index (χ1v) is 7.11. The Bertz CT molecular complexity index is 382. The summed E-state index contributed by atoms with van der Waals surface area (Å²) >= 11 is 0. The number of hydrogen-bond donors (Lipinski definition) is 3. The maximum atomic E-state index is 9.39. The molecule has 0 aromatic carbocycles. The van der Waals surface area contributed by atoms with Crippen molar-refractivity contribution < 1.29 is 5.11 Å². The minimum atomic E-state index is -0.312. The Balaban J connectivity index is 2.75. The van der Waals surface area contributed by atoms with E-state index in [9.17, 15) is 5.11 Å². The highest BCUT2D eigenvalue weighted by molar-refractivity contribution is 5.48. The largest absolute Gasteiger partial charge is 0.393 e. The zero-order valence-corrected chi connectivity index (χ0v) is 12.4. The number of anilines is 2. The molecule has 5 heteroatoms. The molecule has 0 aliphatic carbocycles. The van der Waals surface area contributed by atoms with Gasteiger partial charge in [0, 0.05) is 25.1 Å². The molecule has 1 aromatic rings. The fourth-order valence-corrected chi connectivity index (χ4v) is 1.90. The fraction of sp³-hybridized carbons (Fsp3) is 0.714. The first-order valence-electron chi connectivity index (χ1n) is 7.11. The average Bonchev–Trinajstić information content (AvgIpc) is 2.34. The summed E-state index contributed by atoms with van der Waals surface area (Å²) in [6.07, 6.45) is 2.25. The second kappa shape index (κ2) is 7.94. The van der Waals surface area contributed by atoms with Crippen LogP contribution in [0.3, 0.4) is 0 Å². The molecule has 0 fully saturated rings. The van der Waals surface area contributed by atoms with Gasteiger partial charge in [0.2, 0.25) is 0 Å². The summed E-state index contributed by atoms with van der Waals surface area (Å²) in [5.41, 5.74) is 0. The van der Waals surface area contributed by atoms with Crippen molar-refractivity contribution in [1.82, 2.24) is 9.97 Å². The molecule has 1 heterocycles. The van der Waals surface area contributed by atoms with E-state index in [0.29, 0.717) is 6.42 Å². The van der Waals surface area contributed by atoms with Crippen LogP contribution in [-0.4, -0.2) is 33.8 Å². The van der Waals surface area contributed by atoms with Crippen LogP contribution in [0.4, 0.5) is 11.6 Å². The van der Waals surface area contributed by atoms with E-state index < -0.39 is 0 Å². The van der Waals surface area contributed by atoms with Crippen LogP contribution >= 0.6 is 0 Å². The second-order valence-corrected chi connectivity index (χ2v) is 4.97. The van der Waals surface area contributed by atoms with Gasteiger partial charge >= 0.3 is 0 Å². The first kappa shape index (κ1) is 15.7. The molecule has 0 aliphatic rings. The van der Waals surface area contributed by atoms with Gasteiger partial charge in [-0.05, 0) is 26.7 Å². The number of aromatic nitrogens is 2. The summed E-state index contributed by atoms with van der Waals surface area (Å²) < 4.78 is 0. The number of aryl methyl sites for hydroxylation is 1. The van der Waals surface area contributed by atoms with Crippen LogP contribution in [0.25, 0.3) is 0 Å². The zero-order chi connectivity index (χ0) is 14.3. The Morgan fingerprint density at radius 2 is 1.89 bits per heavy atom. The van der Waals surface area contributed by atoms with Gasteiger partial charge in [-0.2, -0.15) is 0 Å². The molecule has 0 saturated heterocycles. The lowest BCUT2D eigenvalue weighted by Gasteiger charge is -2.17. The van der Waals surface area contributed by atoms with Crippen LogP contribution in [0.1, 0.15) is 46.4 Å². The smallest absolute Gasteiger partial charge is 0.132 e. The first-order chi connectivity index (χ1) is 9.05. The molecule has 5 nitrogen and oxygen atoms in total. The highest BCUT2D eigenvalue weighted by Crippen LogP contribution is 2.14. The lowest BCUT2D eigenvalue weighted by atomic mass is 10.1. The van der Waals surface area contributed by atoms with E-state index in [0.717, 1.165) is 36.8 Å². The molecule has 108 valence electrons. The molecule has 3 N–H and O–H groups in total. The van der Waals surface area contributed by atoms with Crippen molar-refractivity contribution in [3.63, 3.8) is 0 Å². The Hall–Kier alpha value is -1.36. The maximum Gasteiger partial charge on any atom is 0.132 e. The zero-order valence-electron chi connectivity index (χ0n) is 12.4. The van der Waals surface area contributed by atoms with Crippen LogP contribution < -0.4 is 10.6 Å². The predicted octanol–water partition coefficient (Wildman–Crippen LogP) is 2.43. The molecule has 0 bridgehead atoms. The highest BCUT2D eigenvalue weighted by Gasteiger charge is 2.09. The summed E-state index contributed by atoms with van der Waals surface area (Å²) in [6, 6.07) is 2.10. The molecule has 19 heavy (non-hydrogen) atoms. The average molecular weight is 266 g/mol. The van der Waals surface area contributed by atoms with E-state index >= 15 is 0 Å². The molecule has 0 spiro atoms. The Morgan fingerprint density at radius 3 is 2.47 bits per heavy atom. The van der Waals surface area contributed by atoms with Gasteiger partial charge in [-0.3, -0.25) is 0 Å². The third-order valence-corrected chi connectivity index (χ3v) is 2.73. The summed E-state index contributed by atoms with van der Waals surface area (Å²) in [5.74, 6) is 2.51. The van der Waals surface area contributed by atoms with Gasteiger partial charge < -0.3 is 15.7 Å². The minimum absolute atomic E-state index is 0.179. The van der Waals surface area contributed by atoms with E-state index in [2.05, 4.69) is 27.5 Å². The van der Waals surface area contributed by atoms with Crippen LogP contribution in [-0.2, 0) is 6.42 Å². The third kappa shape index (κ3) is 5.87. The quantitative estimate of drug-likeness (QED) is 0.674. The van der Waals surface area contributed by atoms with Crippen molar-refractivity contribution in [2.75, 3.05) is 17.2 Å². The van der Waals surface area contributed by atoms with Gasteiger partial charge in [-0.15, -0.1) is 0 Å². The van der Waals surface area contributed by atoms with E-state index in [1.54, 1.807) is 6.92 Å². The van der Waals surface area contributed by atoms with Gasteiger partial charge in [-0.25, -0.2) is 9.97 Å². The lowest BCUT2D eigenvalue weighted by molar-refractivity contribution is 0.179. The summed E-state index contributed by atoms with van der Waals surface area (Å²) in [7, 11) is 0. The molecule has 0 aliphatic heterocycles. The molecular weight excluding hydrogens is 240 g/mol. The molecule has 1 aromatic heterocycles. The van der Waals surface area contributed by atoms with Crippen molar-refractivity contribution in [1.29, 1.82) is 0 Å². The van der Waals surface area contributed by atoms with E-state index in [1.807, 2.05) is 19.9 Å². The number of aliphatic hydroxyl groups is 1. The summed E-state index contributed by atoms with van der Waals surface area (Å²) in [6.45, 7) is 8.91. The van der Waals surface area contributed by atoms with Crippen LogP contribution in [0.2, 0.25) is 0 Å². The van der Waals surface area contributed by atoms with E-state index in [4.69, 9.17) is 0 Å². The number of hydrogen-bond acceptors (Lipinski definition) is 5. The SMILES string of the molecule is CCCNc1cc(NC(C)CC(C)O)nc(CC)n1. The Morgan fingerprint density at radius 1 is 1.21 bits per heavy atom. The monoisotopic (exact) mass is 266 g/mol. The van der Waals surface area contributed by atoms with Gasteiger partial charge in [0.15, 0.2) is 0 Å². The molecule has 0 radical (unpaired) electrons. The standard InChI is InChI=1S/C14H26N4O/c1-5-7-15-13-9-14(18-12(6-2)17-13)16-10(3)8-11(4)19/h9-11,19H,5-8H2,1-4H3,(H2,15,16,17,18). The molecule has 0 saturated carbocycles. The van der Waals surface area contributed by atoms with Gasteiger partial charge in [0.25, 0.3) is 0 Å². The van der Waals surface area contributed by atoms with Gasteiger partial charge in [0.1, 0.15) is 17.5 Å². The minimum Gasteiger partial charge on any atom is -0.393 e. The number of nitrogens with zero attached hydrogens (tertiary/aromatic N) is 2. The Labute approximate surface area is 115 Å². The van der Waals surface area contributed by atoms with Crippen molar-refractivity contribution >= 4 is 11.6 Å². The molecular formula is C14H26N4O. The van der Waals surface area contributed by atoms with Crippen LogP contribution in [0.15, 0.2) is 6.07 Å². The lowest BCUT2D eigenvalue weighted by Crippen LogP contribution is -2.21. The fourth-order valence-electron chi connectivity index (χ4n) is 1.90. The Kier molecular flexibility index (Phi) is 6.56. The van der Waals surface area contributed by atoms with Crippen molar-refractivity contribution in [3.05, 3.63) is 11.9 Å². The van der Waals surface area contributed by atoms with Crippen molar-refractivity contribution in [3.8, 4) is 0 Å². The maximum absolute atomic E-state index is 9.39. The molecule has 0 amide bonds. The predicted molar refractivity (Wildman–Crippen MR) is 79.6 cm³/mol. The summed E-state index contributed by atoms with van der Waals surface area (Å²) in [4.78, 5) is 8.91. The van der Waals surface area contributed by atoms with E-state index in [1.165, 1.54) is 0 Å². The topological polar surface area (TPSA) is 70.1 Å². The van der Waals surface area contributed by atoms with Crippen molar-refractivity contribution in [2.45, 2.75) is 59.1 Å². The number of nitrogens with one attached hydrogen (secondary N) is 2. The van der Waals surface area contributed by atoms with E-state index in [-0.39, 0.29) is 12.1 Å². The normalized spacial score (nSPS) is 13.9. The summed E-state index contributed by atoms with van der Waals surface area (Å²) in [5, 5.41) is 16.0. The van der Waals surface area contributed by atoms with Crippen LogP contribution in [0.5, 0.6) is 0 Å². The second-order valence-electron chi connectivity index (χ2n) is 4.97. The van der Waals surface area contributed by atoms with Gasteiger partial charge in [0.05, 0.1) is 6.10 Å². The number of rotatable bonds is 8. The van der Waals surface area contributed by atoms with Gasteiger partial charge in [-0.1, -0.05) is 13.8 Å². The number of aliphatic hydroxyl groups excluding tert-OH is 1. The van der Waals surface area contributed by atoms with Crippen molar-refractivity contribution in [2.24, 2.45) is 0 Å². The molecule has 2 unspecified atom stereocenters. The highest BCUT2D eigenvalue weighted by atomic mass is 16.3. The van der Waals surface area contributed by atoms with Crippen LogP contribution in [0, 0.1) is 0 Å². The third-order valence-electron chi connectivity index (χ3n) is 2.73. The molecule has 2 atom stereocenters.